The van der Waals surface area contributed by atoms with Gasteiger partial charge in [0.25, 0.3) is 0 Å². The quantitative estimate of drug-likeness (QED) is 0.413. The van der Waals surface area contributed by atoms with Crippen LogP contribution in [0.25, 0.3) is 32.9 Å². The Hall–Kier alpha value is -3.70. The molecule has 154 valence electrons. The average molecular weight is 409 g/mol. The van der Waals surface area contributed by atoms with E-state index in [-0.39, 0.29) is 6.04 Å². The second-order valence-corrected chi connectivity index (χ2v) is 7.95. The number of ether oxygens (including phenoxy) is 1. The van der Waals surface area contributed by atoms with Crippen molar-refractivity contribution in [3.63, 3.8) is 0 Å². The molecule has 3 N–H and O–H groups in total. The van der Waals surface area contributed by atoms with Gasteiger partial charge in [0.05, 0.1) is 11.7 Å². The van der Waals surface area contributed by atoms with Crippen LogP contribution in [-0.2, 0) is 6.42 Å². The first-order valence-corrected chi connectivity index (χ1v) is 10.4. The highest BCUT2D eigenvalue weighted by atomic mass is 16.5. The van der Waals surface area contributed by atoms with Gasteiger partial charge in [-0.15, -0.1) is 0 Å². The van der Waals surface area contributed by atoms with Crippen LogP contribution in [0, 0.1) is 6.92 Å². The first-order chi connectivity index (χ1) is 15.2. The summed E-state index contributed by atoms with van der Waals surface area (Å²) in [6.07, 6.45) is 8.21. The highest BCUT2D eigenvalue weighted by Crippen LogP contribution is 2.27. The van der Waals surface area contributed by atoms with Crippen LogP contribution in [0.1, 0.15) is 11.1 Å². The third-order valence-corrected chi connectivity index (χ3v) is 5.54. The van der Waals surface area contributed by atoms with Crippen molar-refractivity contribution in [3.8, 4) is 16.9 Å². The van der Waals surface area contributed by atoms with Crippen LogP contribution in [0.2, 0.25) is 0 Å². The summed E-state index contributed by atoms with van der Waals surface area (Å²) >= 11 is 0. The van der Waals surface area contributed by atoms with Gasteiger partial charge in [0, 0.05) is 46.5 Å². The number of pyridine rings is 2. The molecular formula is C26H24N4O. The lowest BCUT2D eigenvalue weighted by Gasteiger charge is -2.14. The fourth-order valence-corrected chi connectivity index (χ4v) is 3.89. The molecule has 0 radical (unpaired) electrons. The van der Waals surface area contributed by atoms with E-state index in [0.717, 1.165) is 38.9 Å². The van der Waals surface area contributed by atoms with E-state index in [9.17, 15) is 0 Å². The molecule has 5 nitrogen and oxygen atoms in total. The summed E-state index contributed by atoms with van der Waals surface area (Å²) in [4.78, 5) is 12.2. The zero-order valence-electron chi connectivity index (χ0n) is 17.4. The molecule has 3 heterocycles. The number of nitrogens with one attached hydrogen (secondary N) is 1. The van der Waals surface area contributed by atoms with Crippen LogP contribution in [0.5, 0.6) is 5.75 Å². The Kier molecular flexibility index (Phi) is 5.10. The van der Waals surface area contributed by atoms with E-state index < -0.39 is 0 Å². The number of nitrogens with zero attached hydrogens (tertiary/aromatic N) is 2. The molecule has 5 heteroatoms. The van der Waals surface area contributed by atoms with Gasteiger partial charge in [-0.25, -0.2) is 0 Å². The number of rotatable bonds is 6. The van der Waals surface area contributed by atoms with Crippen molar-refractivity contribution >= 4 is 21.8 Å². The minimum absolute atomic E-state index is 0.134. The van der Waals surface area contributed by atoms with E-state index in [4.69, 9.17) is 10.5 Å². The molecule has 0 unspecified atom stereocenters. The Labute approximate surface area is 180 Å². The maximum absolute atomic E-state index is 6.34. The summed E-state index contributed by atoms with van der Waals surface area (Å²) in [6, 6.07) is 18.5. The largest absolute Gasteiger partial charge is 0.490 e. The predicted molar refractivity (Wildman–Crippen MR) is 125 cm³/mol. The summed E-state index contributed by atoms with van der Waals surface area (Å²) < 4.78 is 5.97. The Balaban J connectivity index is 1.27. The molecule has 0 fully saturated rings. The normalized spacial score (nSPS) is 12.3. The number of benzene rings is 2. The lowest BCUT2D eigenvalue weighted by molar-refractivity contribution is 0.286. The van der Waals surface area contributed by atoms with Crippen molar-refractivity contribution in [2.45, 2.75) is 19.4 Å². The second-order valence-electron chi connectivity index (χ2n) is 7.95. The van der Waals surface area contributed by atoms with E-state index in [0.29, 0.717) is 13.0 Å². The maximum atomic E-state index is 6.34. The van der Waals surface area contributed by atoms with Gasteiger partial charge in [0.1, 0.15) is 12.4 Å². The van der Waals surface area contributed by atoms with Crippen molar-refractivity contribution in [2.75, 3.05) is 6.61 Å². The van der Waals surface area contributed by atoms with Crippen LogP contribution in [0.15, 0.2) is 79.4 Å². The summed E-state index contributed by atoms with van der Waals surface area (Å²) in [5.41, 5.74) is 12.9. The predicted octanol–water partition coefficient (Wildman–Crippen LogP) is 5.04. The molecule has 0 saturated carbocycles. The summed E-state index contributed by atoms with van der Waals surface area (Å²) in [5.74, 6) is 0.718. The van der Waals surface area contributed by atoms with Gasteiger partial charge < -0.3 is 15.5 Å². The molecule has 0 saturated heterocycles. The van der Waals surface area contributed by atoms with Crippen molar-refractivity contribution in [1.29, 1.82) is 0 Å². The highest BCUT2D eigenvalue weighted by Gasteiger charge is 2.09. The van der Waals surface area contributed by atoms with E-state index in [1.807, 2.05) is 42.9 Å². The van der Waals surface area contributed by atoms with Crippen molar-refractivity contribution in [3.05, 3.63) is 90.5 Å². The SMILES string of the molecule is Cc1c[nH]c2ccc(-c3cncc(OC[C@@H](N)Cc4cnc5ccccc5c4)c3)cc12. The zero-order chi connectivity index (χ0) is 21.2. The molecule has 0 aliphatic rings. The number of aromatic amines is 1. The van der Waals surface area contributed by atoms with Crippen LogP contribution in [0.3, 0.4) is 0 Å². The molecule has 1 atom stereocenters. The maximum Gasteiger partial charge on any atom is 0.138 e. The number of H-pyrrole nitrogens is 1. The number of hydrogen-bond donors (Lipinski definition) is 2. The molecule has 5 aromatic rings. The molecule has 2 aromatic carbocycles. The number of hydrogen-bond acceptors (Lipinski definition) is 4. The lowest BCUT2D eigenvalue weighted by atomic mass is 10.0. The number of fused-ring (bicyclic) bond motifs is 2. The van der Waals surface area contributed by atoms with Gasteiger partial charge in [-0.2, -0.15) is 0 Å². The summed E-state index contributed by atoms with van der Waals surface area (Å²) in [7, 11) is 0. The Bertz CT molecular complexity index is 1360. The van der Waals surface area contributed by atoms with Crippen LogP contribution in [-0.4, -0.2) is 27.6 Å². The molecule has 0 aliphatic heterocycles. The molecule has 0 bridgehead atoms. The minimum atomic E-state index is -0.134. The van der Waals surface area contributed by atoms with Gasteiger partial charge in [0.15, 0.2) is 0 Å². The van der Waals surface area contributed by atoms with Gasteiger partial charge in [0.2, 0.25) is 0 Å². The Morgan fingerprint density at radius 3 is 2.84 bits per heavy atom. The second kappa shape index (κ2) is 8.20. The van der Waals surface area contributed by atoms with Gasteiger partial charge in [-0.05, 0) is 60.4 Å². The van der Waals surface area contributed by atoms with Crippen LogP contribution >= 0.6 is 0 Å². The van der Waals surface area contributed by atoms with Crippen molar-refractivity contribution in [2.24, 2.45) is 5.73 Å². The molecular weight excluding hydrogens is 384 g/mol. The van der Waals surface area contributed by atoms with Crippen molar-refractivity contribution in [1.82, 2.24) is 15.0 Å². The number of nitrogens with two attached hydrogens (primary N) is 1. The van der Waals surface area contributed by atoms with E-state index in [1.54, 1.807) is 6.20 Å². The third kappa shape index (κ3) is 4.13. The zero-order valence-corrected chi connectivity index (χ0v) is 17.4. The smallest absolute Gasteiger partial charge is 0.138 e. The fraction of sp³-hybridized carbons (Fsp3) is 0.154. The minimum Gasteiger partial charge on any atom is -0.490 e. The first-order valence-electron chi connectivity index (χ1n) is 10.4. The van der Waals surface area contributed by atoms with Crippen LogP contribution < -0.4 is 10.5 Å². The van der Waals surface area contributed by atoms with Gasteiger partial charge in [-0.1, -0.05) is 24.3 Å². The fourth-order valence-electron chi connectivity index (χ4n) is 3.89. The standard InChI is InChI=1S/C26H24N4O/c1-17-12-29-26-7-6-19(11-24(17)26)21-10-23(15-28-14-21)31-16-22(27)9-18-8-20-4-2-3-5-25(20)30-13-18/h2-8,10-15,22,29H,9,16,27H2,1H3/t22-/m0/s1. The number of para-hydroxylation sites is 1. The first kappa shape index (κ1) is 19.3. The number of aryl methyl sites for hydroxylation is 1. The van der Waals surface area contributed by atoms with E-state index >= 15 is 0 Å². The average Bonchev–Trinajstić information content (AvgIpc) is 3.18. The molecule has 0 amide bonds. The molecule has 3 aromatic heterocycles. The number of aromatic nitrogens is 3. The summed E-state index contributed by atoms with van der Waals surface area (Å²) in [5, 5.41) is 2.34. The topological polar surface area (TPSA) is 76.8 Å². The highest BCUT2D eigenvalue weighted by molar-refractivity contribution is 5.87. The van der Waals surface area contributed by atoms with Gasteiger partial charge >= 0.3 is 0 Å². The third-order valence-electron chi connectivity index (χ3n) is 5.54. The van der Waals surface area contributed by atoms with Crippen molar-refractivity contribution < 1.29 is 4.74 Å². The van der Waals surface area contributed by atoms with E-state index in [1.165, 1.54) is 10.9 Å². The molecule has 0 spiro atoms. The van der Waals surface area contributed by atoms with Crippen LogP contribution in [0.4, 0.5) is 0 Å². The lowest BCUT2D eigenvalue weighted by Crippen LogP contribution is -2.30. The molecule has 5 rings (SSSR count). The van der Waals surface area contributed by atoms with Gasteiger partial charge in [-0.3, -0.25) is 9.97 Å². The molecule has 0 aliphatic carbocycles. The Morgan fingerprint density at radius 1 is 1.00 bits per heavy atom. The molecule has 31 heavy (non-hydrogen) atoms. The monoisotopic (exact) mass is 408 g/mol. The Morgan fingerprint density at radius 2 is 1.90 bits per heavy atom. The summed E-state index contributed by atoms with van der Waals surface area (Å²) in [6.45, 7) is 2.51. The van der Waals surface area contributed by atoms with E-state index in [2.05, 4.69) is 52.2 Å².